The molecule has 82 valence electrons. The number of esters is 1. The summed E-state index contributed by atoms with van der Waals surface area (Å²) in [5, 5.41) is 2.61. The van der Waals surface area contributed by atoms with Gasteiger partial charge in [0, 0.05) is 5.92 Å². The van der Waals surface area contributed by atoms with Gasteiger partial charge in [0.1, 0.15) is 6.54 Å². The van der Waals surface area contributed by atoms with Crippen LogP contribution in [0.3, 0.4) is 0 Å². The summed E-state index contributed by atoms with van der Waals surface area (Å²) in [6, 6.07) is 0. The number of nitrogens with one attached hydrogen (secondary N) is 1. The Morgan fingerprint density at radius 1 is 1.40 bits per heavy atom. The summed E-state index contributed by atoms with van der Waals surface area (Å²) in [7, 11) is 1.31. The monoisotopic (exact) mass is 209 g/mol. The van der Waals surface area contributed by atoms with Crippen molar-refractivity contribution in [2.45, 2.75) is 12.8 Å². The maximum atomic E-state index is 11.7. The van der Waals surface area contributed by atoms with Crippen LogP contribution >= 0.6 is 0 Å². The van der Waals surface area contributed by atoms with Gasteiger partial charge in [0.05, 0.1) is 7.11 Å². The van der Waals surface area contributed by atoms with Gasteiger partial charge < -0.3 is 10.1 Å². The Balaban J connectivity index is 1.82. The molecule has 2 aliphatic carbocycles. The number of hydrogen-bond donors (Lipinski definition) is 1. The second kappa shape index (κ2) is 4.04. The highest BCUT2D eigenvalue weighted by Crippen LogP contribution is 2.43. The van der Waals surface area contributed by atoms with Gasteiger partial charge >= 0.3 is 5.97 Å². The lowest BCUT2D eigenvalue weighted by Crippen LogP contribution is -2.36. The van der Waals surface area contributed by atoms with Crippen molar-refractivity contribution < 1.29 is 14.3 Å². The smallest absolute Gasteiger partial charge is 0.325 e. The highest BCUT2D eigenvalue weighted by atomic mass is 16.5. The standard InChI is InChI=1S/C11H15NO3/c1-15-10(13)6-12-11(14)9-5-7-2-3-8(9)4-7/h2-3,7-9H,4-6H2,1H3,(H,12,14)/t7-,8+,9+/m1/s1. The number of carbonyl (C=O) groups is 2. The third-order valence-electron chi connectivity index (χ3n) is 3.25. The van der Waals surface area contributed by atoms with Crippen LogP contribution in [-0.2, 0) is 14.3 Å². The van der Waals surface area contributed by atoms with E-state index in [4.69, 9.17) is 0 Å². The molecule has 0 unspecified atom stereocenters. The van der Waals surface area contributed by atoms with Crippen LogP contribution in [0.15, 0.2) is 12.2 Å². The molecular formula is C11H15NO3. The summed E-state index contributed by atoms with van der Waals surface area (Å²) in [5.41, 5.74) is 0. The molecule has 0 aromatic heterocycles. The van der Waals surface area contributed by atoms with Crippen molar-refractivity contribution in [2.75, 3.05) is 13.7 Å². The average molecular weight is 209 g/mol. The molecule has 4 heteroatoms. The van der Waals surface area contributed by atoms with Gasteiger partial charge in [-0.15, -0.1) is 0 Å². The van der Waals surface area contributed by atoms with Gasteiger partial charge in [-0.1, -0.05) is 12.2 Å². The van der Waals surface area contributed by atoms with E-state index in [1.165, 1.54) is 7.11 Å². The zero-order chi connectivity index (χ0) is 10.8. The van der Waals surface area contributed by atoms with Crippen molar-refractivity contribution in [2.24, 2.45) is 17.8 Å². The predicted octanol–water partition coefficient (Wildman–Crippen LogP) is 0.488. The van der Waals surface area contributed by atoms with E-state index in [0.29, 0.717) is 11.8 Å². The van der Waals surface area contributed by atoms with Crippen LogP contribution in [0.4, 0.5) is 0 Å². The van der Waals surface area contributed by atoms with Gasteiger partial charge in [-0.2, -0.15) is 0 Å². The Kier molecular flexibility index (Phi) is 2.75. The van der Waals surface area contributed by atoms with Crippen molar-refractivity contribution in [3.05, 3.63) is 12.2 Å². The first kappa shape index (κ1) is 10.2. The fourth-order valence-corrected chi connectivity index (χ4v) is 2.44. The molecule has 3 atom stereocenters. The molecule has 0 aromatic rings. The van der Waals surface area contributed by atoms with Crippen molar-refractivity contribution >= 4 is 11.9 Å². The highest BCUT2D eigenvalue weighted by Gasteiger charge is 2.39. The van der Waals surface area contributed by atoms with Crippen molar-refractivity contribution in [1.29, 1.82) is 0 Å². The summed E-state index contributed by atoms with van der Waals surface area (Å²) < 4.78 is 4.46. The molecule has 1 N–H and O–H groups in total. The highest BCUT2D eigenvalue weighted by molar-refractivity contribution is 5.84. The minimum Gasteiger partial charge on any atom is -0.468 e. The maximum Gasteiger partial charge on any atom is 0.325 e. The van der Waals surface area contributed by atoms with Crippen LogP contribution in [0.1, 0.15) is 12.8 Å². The largest absolute Gasteiger partial charge is 0.468 e. The third kappa shape index (κ3) is 2.03. The van der Waals surface area contributed by atoms with Crippen LogP contribution in [0.5, 0.6) is 0 Å². The lowest BCUT2D eigenvalue weighted by Gasteiger charge is -2.16. The van der Waals surface area contributed by atoms with Gasteiger partial charge in [0.15, 0.2) is 0 Å². The van der Waals surface area contributed by atoms with Crippen molar-refractivity contribution in [3.8, 4) is 0 Å². The Hall–Kier alpha value is -1.32. The fourth-order valence-electron chi connectivity index (χ4n) is 2.44. The van der Waals surface area contributed by atoms with E-state index in [-0.39, 0.29) is 18.4 Å². The van der Waals surface area contributed by atoms with E-state index in [9.17, 15) is 9.59 Å². The second-order valence-corrected chi connectivity index (χ2v) is 4.18. The fraction of sp³-hybridized carbons (Fsp3) is 0.636. The Labute approximate surface area is 88.7 Å². The van der Waals surface area contributed by atoms with E-state index >= 15 is 0 Å². The molecule has 2 bridgehead atoms. The summed E-state index contributed by atoms with van der Waals surface area (Å²) >= 11 is 0. The van der Waals surface area contributed by atoms with Crippen LogP contribution < -0.4 is 5.32 Å². The van der Waals surface area contributed by atoms with Gasteiger partial charge in [0.25, 0.3) is 0 Å². The maximum absolute atomic E-state index is 11.7. The number of rotatable bonds is 3. The first-order chi connectivity index (χ1) is 7.20. The molecule has 0 spiro atoms. The normalized spacial score (nSPS) is 31.7. The molecule has 15 heavy (non-hydrogen) atoms. The number of methoxy groups -OCH3 is 1. The molecule has 1 amide bonds. The summed E-state index contributed by atoms with van der Waals surface area (Å²) in [6.45, 7) is -0.0209. The zero-order valence-corrected chi connectivity index (χ0v) is 8.73. The molecule has 2 rings (SSSR count). The number of fused-ring (bicyclic) bond motifs is 2. The molecule has 2 aliphatic rings. The molecule has 0 radical (unpaired) electrons. The minimum atomic E-state index is -0.401. The first-order valence-electron chi connectivity index (χ1n) is 5.23. The van der Waals surface area contributed by atoms with Gasteiger partial charge in [-0.25, -0.2) is 0 Å². The van der Waals surface area contributed by atoms with E-state index < -0.39 is 5.97 Å². The van der Waals surface area contributed by atoms with E-state index in [0.717, 1.165) is 12.8 Å². The number of allylic oxidation sites excluding steroid dienone is 2. The van der Waals surface area contributed by atoms with E-state index in [1.54, 1.807) is 0 Å². The molecule has 0 aliphatic heterocycles. The topological polar surface area (TPSA) is 55.4 Å². The third-order valence-corrected chi connectivity index (χ3v) is 3.25. The van der Waals surface area contributed by atoms with Crippen LogP contribution in [0.2, 0.25) is 0 Å². The Morgan fingerprint density at radius 3 is 2.73 bits per heavy atom. The van der Waals surface area contributed by atoms with E-state index in [1.807, 2.05) is 0 Å². The molecule has 0 saturated heterocycles. The molecule has 1 fully saturated rings. The molecular weight excluding hydrogens is 194 g/mol. The number of hydrogen-bond acceptors (Lipinski definition) is 3. The SMILES string of the molecule is COC(=O)CNC(=O)[C@H]1C[C@@H]2C=C[C@H]1C2. The Morgan fingerprint density at radius 2 is 2.20 bits per heavy atom. The average Bonchev–Trinajstić information content (AvgIpc) is 2.86. The molecule has 0 heterocycles. The van der Waals surface area contributed by atoms with Crippen molar-refractivity contribution in [3.63, 3.8) is 0 Å². The number of ether oxygens (including phenoxy) is 1. The molecule has 4 nitrogen and oxygen atoms in total. The second-order valence-electron chi connectivity index (χ2n) is 4.18. The lowest BCUT2D eigenvalue weighted by molar-refractivity contribution is -0.141. The van der Waals surface area contributed by atoms with Crippen LogP contribution in [0, 0.1) is 17.8 Å². The van der Waals surface area contributed by atoms with Gasteiger partial charge in [-0.3, -0.25) is 9.59 Å². The van der Waals surface area contributed by atoms with E-state index in [2.05, 4.69) is 22.2 Å². The van der Waals surface area contributed by atoms with Gasteiger partial charge in [-0.05, 0) is 24.7 Å². The Bertz CT molecular complexity index is 311. The zero-order valence-electron chi connectivity index (χ0n) is 8.73. The lowest BCUT2D eigenvalue weighted by atomic mass is 9.93. The summed E-state index contributed by atoms with van der Waals surface area (Å²) in [6.07, 6.45) is 6.33. The summed E-state index contributed by atoms with van der Waals surface area (Å²) in [4.78, 5) is 22.5. The van der Waals surface area contributed by atoms with Gasteiger partial charge in [0.2, 0.25) is 5.91 Å². The molecule has 0 aromatic carbocycles. The van der Waals surface area contributed by atoms with Crippen LogP contribution in [-0.4, -0.2) is 25.5 Å². The summed E-state index contributed by atoms with van der Waals surface area (Å²) in [5.74, 6) is 0.598. The quantitative estimate of drug-likeness (QED) is 0.543. The first-order valence-corrected chi connectivity index (χ1v) is 5.23. The number of amides is 1. The predicted molar refractivity (Wildman–Crippen MR) is 53.9 cm³/mol. The van der Waals surface area contributed by atoms with Crippen molar-refractivity contribution in [1.82, 2.24) is 5.32 Å². The minimum absolute atomic E-state index is 0.0164. The van der Waals surface area contributed by atoms with Crippen LogP contribution in [0.25, 0.3) is 0 Å². The number of carbonyl (C=O) groups excluding carboxylic acids is 2. The molecule has 1 saturated carbocycles.